The molecule has 31 heavy (non-hydrogen) atoms. The molecule has 1 atom stereocenters. The number of allylic oxidation sites excluding steroid dienone is 1. The summed E-state index contributed by atoms with van der Waals surface area (Å²) >= 11 is 0. The van der Waals surface area contributed by atoms with E-state index in [1.54, 1.807) is 31.7 Å². The van der Waals surface area contributed by atoms with Crippen molar-refractivity contribution in [3.63, 3.8) is 0 Å². The zero-order valence-corrected chi connectivity index (χ0v) is 17.2. The fourth-order valence-electron chi connectivity index (χ4n) is 3.07. The number of benzene rings is 2. The lowest BCUT2D eigenvalue weighted by atomic mass is 9.92. The number of carbonyl (C=O) groups is 1. The van der Waals surface area contributed by atoms with E-state index in [1.165, 1.54) is 31.4 Å². The van der Waals surface area contributed by atoms with Crippen LogP contribution in [0.4, 0.5) is 10.1 Å². The molecular weight excluding hydrogens is 395 g/mol. The van der Waals surface area contributed by atoms with Crippen molar-refractivity contribution in [2.45, 2.75) is 6.04 Å². The predicted molar refractivity (Wildman–Crippen MR) is 120 cm³/mol. The molecule has 1 unspecified atom stereocenters. The molecule has 158 valence electrons. The zero-order valence-electron chi connectivity index (χ0n) is 17.2. The Morgan fingerprint density at radius 2 is 1.84 bits per heavy atom. The van der Waals surface area contributed by atoms with Crippen LogP contribution in [0.15, 0.2) is 79.3 Å². The van der Waals surface area contributed by atoms with E-state index < -0.39 is 17.6 Å². The van der Waals surface area contributed by atoms with Gasteiger partial charge in [-0.2, -0.15) is 0 Å². The van der Waals surface area contributed by atoms with Gasteiger partial charge in [-0.1, -0.05) is 42.5 Å². The lowest BCUT2D eigenvalue weighted by Gasteiger charge is -2.21. The van der Waals surface area contributed by atoms with Crippen molar-refractivity contribution in [3.8, 4) is 5.75 Å². The highest BCUT2D eigenvalue weighted by atomic mass is 19.1. The molecule has 6 nitrogen and oxygen atoms in total. The molecule has 0 amide bonds. The quantitative estimate of drug-likeness (QED) is 0.453. The largest absolute Gasteiger partial charge is 0.495 e. The molecule has 7 heteroatoms. The van der Waals surface area contributed by atoms with Crippen LogP contribution in [-0.2, 0) is 4.79 Å². The first-order chi connectivity index (χ1) is 15.0. The second kappa shape index (κ2) is 10.2. The Kier molecular flexibility index (Phi) is 7.11. The highest BCUT2D eigenvalue weighted by molar-refractivity contribution is 6.56. The van der Waals surface area contributed by atoms with Crippen molar-refractivity contribution in [3.05, 3.63) is 96.2 Å². The molecule has 0 spiro atoms. The van der Waals surface area contributed by atoms with Crippen molar-refractivity contribution in [2.24, 2.45) is 0 Å². The van der Waals surface area contributed by atoms with Crippen LogP contribution in [0.1, 0.15) is 17.2 Å². The van der Waals surface area contributed by atoms with E-state index in [-0.39, 0.29) is 5.71 Å². The minimum atomic E-state index is -0.925. The van der Waals surface area contributed by atoms with Gasteiger partial charge in [0, 0.05) is 24.9 Å². The first kappa shape index (κ1) is 21.7. The van der Waals surface area contributed by atoms with Gasteiger partial charge in [-0.05, 0) is 23.3 Å². The number of ketones is 1. The maximum atomic E-state index is 13.5. The summed E-state index contributed by atoms with van der Waals surface area (Å²) in [7, 11) is 3.23. The molecule has 3 aromatic rings. The summed E-state index contributed by atoms with van der Waals surface area (Å²) in [5.74, 6) is -0.363. The molecule has 3 N–H and O–H groups in total. The Balaban J connectivity index is 1.99. The van der Waals surface area contributed by atoms with Crippen LogP contribution in [0.3, 0.4) is 0 Å². The lowest BCUT2D eigenvalue weighted by molar-refractivity contribution is -0.113. The number of nitrogens with zero attached hydrogens (tertiary/aromatic N) is 1. The van der Waals surface area contributed by atoms with E-state index in [0.717, 1.165) is 5.56 Å². The second-order valence-corrected chi connectivity index (χ2v) is 6.69. The third-order valence-corrected chi connectivity index (χ3v) is 4.61. The van der Waals surface area contributed by atoms with Gasteiger partial charge in [0.1, 0.15) is 23.3 Å². The molecule has 0 radical (unpaired) electrons. The molecule has 0 aliphatic carbocycles. The minimum absolute atomic E-state index is 0.182. The van der Waals surface area contributed by atoms with Crippen LogP contribution in [0.2, 0.25) is 0 Å². The van der Waals surface area contributed by atoms with Gasteiger partial charge in [0.05, 0.1) is 25.2 Å². The predicted octanol–water partition coefficient (Wildman–Crippen LogP) is 4.23. The standard InChI is InChI=1S/C24H23FN4O2/c1-27-15-21(16-6-4-3-5-7-16)22(26)24(30)23(17-8-10-18(25)11-9-17)29-19-12-20(31-2)14-28-13-19/h3-15,23,26-27,29H,1-2H3/b21-15-,26-22?. The molecular formula is C24H23FN4O2. The van der Waals surface area contributed by atoms with Crippen LogP contribution in [0.5, 0.6) is 5.75 Å². The van der Waals surface area contributed by atoms with Crippen molar-refractivity contribution >= 4 is 22.8 Å². The van der Waals surface area contributed by atoms with Gasteiger partial charge >= 0.3 is 0 Å². The maximum absolute atomic E-state index is 13.5. The van der Waals surface area contributed by atoms with E-state index in [9.17, 15) is 9.18 Å². The third-order valence-electron chi connectivity index (χ3n) is 4.61. The van der Waals surface area contributed by atoms with Gasteiger partial charge in [0.2, 0.25) is 5.78 Å². The number of nitrogens with one attached hydrogen (secondary N) is 3. The first-order valence-corrected chi connectivity index (χ1v) is 9.60. The van der Waals surface area contributed by atoms with E-state index >= 15 is 0 Å². The molecule has 0 bridgehead atoms. The zero-order chi connectivity index (χ0) is 22.2. The molecule has 3 rings (SSSR count). The SMILES string of the molecule is CN/C=C(\C(=N)C(=O)C(Nc1cncc(OC)c1)c1ccc(F)cc1)c1ccccc1. The number of methoxy groups -OCH3 is 1. The van der Waals surface area contributed by atoms with Gasteiger partial charge < -0.3 is 15.4 Å². The van der Waals surface area contributed by atoms with Crippen LogP contribution >= 0.6 is 0 Å². The van der Waals surface area contributed by atoms with Crippen molar-refractivity contribution in [1.82, 2.24) is 10.3 Å². The molecule has 1 heterocycles. The Morgan fingerprint density at radius 3 is 2.48 bits per heavy atom. The van der Waals surface area contributed by atoms with Crippen LogP contribution in [0.25, 0.3) is 5.57 Å². The second-order valence-electron chi connectivity index (χ2n) is 6.69. The van der Waals surface area contributed by atoms with Gasteiger partial charge in [-0.25, -0.2) is 4.39 Å². The number of anilines is 1. The van der Waals surface area contributed by atoms with E-state index in [2.05, 4.69) is 15.6 Å². The molecule has 2 aromatic carbocycles. The van der Waals surface area contributed by atoms with Crippen molar-refractivity contribution in [2.75, 3.05) is 19.5 Å². The summed E-state index contributed by atoms with van der Waals surface area (Å²) in [5.41, 5.74) is 2.06. The summed E-state index contributed by atoms with van der Waals surface area (Å²) < 4.78 is 18.7. The fourth-order valence-corrected chi connectivity index (χ4v) is 3.07. The van der Waals surface area contributed by atoms with Crippen LogP contribution in [-0.4, -0.2) is 30.6 Å². The number of hydrogen-bond acceptors (Lipinski definition) is 6. The summed E-state index contributed by atoms with van der Waals surface area (Å²) in [4.78, 5) is 17.6. The summed E-state index contributed by atoms with van der Waals surface area (Å²) in [5, 5.41) is 14.7. The van der Waals surface area contributed by atoms with E-state index in [4.69, 9.17) is 10.1 Å². The minimum Gasteiger partial charge on any atom is -0.495 e. The summed E-state index contributed by atoms with van der Waals surface area (Å²) in [6.45, 7) is 0. The Morgan fingerprint density at radius 1 is 1.13 bits per heavy atom. The Labute approximate surface area is 180 Å². The molecule has 0 aliphatic heterocycles. The molecule has 0 saturated heterocycles. The Hall–Kier alpha value is -4.00. The number of carbonyl (C=O) groups excluding carboxylic acids is 1. The summed E-state index contributed by atoms with van der Waals surface area (Å²) in [6, 6.07) is 15.6. The monoisotopic (exact) mass is 418 g/mol. The first-order valence-electron chi connectivity index (χ1n) is 9.60. The van der Waals surface area contributed by atoms with E-state index in [1.807, 2.05) is 30.3 Å². The molecule has 0 saturated carbocycles. The number of ether oxygens (including phenoxy) is 1. The van der Waals surface area contributed by atoms with Crippen molar-refractivity contribution in [1.29, 1.82) is 5.41 Å². The topological polar surface area (TPSA) is 87.1 Å². The Bertz CT molecular complexity index is 1080. The number of Topliss-reactive ketones (excluding diaryl/α,β-unsaturated/α-hetero) is 1. The normalized spacial score (nSPS) is 12.0. The van der Waals surface area contributed by atoms with Crippen molar-refractivity contribution < 1.29 is 13.9 Å². The van der Waals surface area contributed by atoms with Crippen LogP contribution < -0.4 is 15.4 Å². The highest BCUT2D eigenvalue weighted by Gasteiger charge is 2.27. The molecule has 0 fully saturated rings. The van der Waals surface area contributed by atoms with Gasteiger partial charge in [0.15, 0.2) is 0 Å². The molecule has 0 aliphatic rings. The maximum Gasteiger partial charge on any atom is 0.207 e. The highest BCUT2D eigenvalue weighted by Crippen LogP contribution is 2.26. The smallest absolute Gasteiger partial charge is 0.207 e. The van der Waals surface area contributed by atoms with Crippen LogP contribution in [0, 0.1) is 11.2 Å². The number of pyridine rings is 1. The van der Waals surface area contributed by atoms with E-state index in [0.29, 0.717) is 22.6 Å². The fraction of sp³-hybridized carbons (Fsp3) is 0.125. The number of hydrogen-bond donors (Lipinski definition) is 3. The summed E-state index contributed by atoms with van der Waals surface area (Å²) in [6.07, 6.45) is 4.72. The van der Waals surface area contributed by atoms with Gasteiger partial charge in [-0.15, -0.1) is 0 Å². The number of rotatable bonds is 9. The van der Waals surface area contributed by atoms with Gasteiger partial charge in [-0.3, -0.25) is 15.2 Å². The number of aromatic nitrogens is 1. The average Bonchev–Trinajstić information content (AvgIpc) is 2.81. The lowest BCUT2D eigenvalue weighted by Crippen LogP contribution is -2.29. The third kappa shape index (κ3) is 5.33. The van der Waals surface area contributed by atoms with Gasteiger partial charge in [0.25, 0.3) is 0 Å². The molecule has 1 aromatic heterocycles. The number of halogens is 1. The average molecular weight is 418 g/mol.